The van der Waals surface area contributed by atoms with Gasteiger partial charge in [-0.1, -0.05) is 35.3 Å². The zero-order valence-corrected chi connectivity index (χ0v) is 11.9. The van der Waals surface area contributed by atoms with Crippen LogP contribution in [0.15, 0.2) is 24.4 Å². The van der Waals surface area contributed by atoms with Crippen molar-refractivity contribution in [3.63, 3.8) is 0 Å². The molecule has 0 saturated carbocycles. The molecule has 0 bridgehead atoms. The normalized spacial score (nSPS) is 17.2. The summed E-state index contributed by atoms with van der Waals surface area (Å²) in [7, 11) is 0. The summed E-state index contributed by atoms with van der Waals surface area (Å²) in [5.74, 6) is 0.102. The summed E-state index contributed by atoms with van der Waals surface area (Å²) in [5.41, 5.74) is 8.26. The molecule has 1 aromatic carbocycles. The number of aromatic nitrogens is 1. The third-order valence-electron chi connectivity index (χ3n) is 3.40. The summed E-state index contributed by atoms with van der Waals surface area (Å²) in [4.78, 5) is 4.17. The third-order valence-corrected chi connectivity index (χ3v) is 4.23. The number of hydrogen-bond donors (Lipinski definition) is 2. The fourth-order valence-corrected chi connectivity index (χ4v) is 2.77. The first-order valence-corrected chi connectivity index (χ1v) is 6.84. The smallest absolute Gasteiger partial charge is 0.144 e. The molecule has 4 nitrogen and oxygen atoms in total. The lowest BCUT2D eigenvalue weighted by Crippen LogP contribution is -2.04. The average molecular weight is 311 g/mol. The third kappa shape index (κ3) is 2.05. The lowest BCUT2D eigenvalue weighted by atomic mass is 10.00. The number of nitrogens with zero attached hydrogens (tertiary/aromatic N) is 1. The highest BCUT2D eigenvalue weighted by Gasteiger charge is 2.30. The van der Waals surface area contributed by atoms with Crippen LogP contribution in [-0.2, 0) is 17.9 Å². The molecule has 1 atom stereocenters. The number of aromatic hydroxyl groups is 1. The van der Waals surface area contributed by atoms with Crippen molar-refractivity contribution in [1.29, 1.82) is 0 Å². The highest BCUT2D eigenvalue weighted by Crippen LogP contribution is 2.43. The maximum absolute atomic E-state index is 10.1. The van der Waals surface area contributed by atoms with E-state index in [-0.39, 0.29) is 18.4 Å². The van der Waals surface area contributed by atoms with Crippen LogP contribution in [0.1, 0.15) is 28.5 Å². The molecule has 0 aliphatic carbocycles. The maximum Gasteiger partial charge on any atom is 0.144 e. The Labute approximate surface area is 126 Å². The second-order valence-corrected chi connectivity index (χ2v) is 5.31. The Morgan fingerprint density at radius 2 is 2.15 bits per heavy atom. The first-order chi connectivity index (χ1) is 9.63. The number of benzene rings is 1. The van der Waals surface area contributed by atoms with Gasteiger partial charge in [0, 0.05) is 29.4 Å². The van der Waals surface area contributed by atoms with Gasteiger partial charge in [0.25, 0.3) is 0 Å². The van der Waals surface area contributed by atoms with Crippen LogP contribution in [0.4, 0.5) is 0 Å². The van der Waals surface area contributed by atoms with Gasteiger partial charge < -0.3 is 15.6 Å². The van der Waals surface area contributed by atoms with E-state index in [4.69, 9.17) is 33.7 Å². The number of halogens is 2. The van der Waals surface area contributed by atoms with Gasteiger partial charge in [-0.15, -0.1) is 0 Å². The Morgan fingerprint density at radius 3 is 2.90 bits per heavy atom. The molecule has 0 fully saturated rings. The van der Waals surface area contributed by atoms with Crippen molar-refractivity contribution in [2.75, 3.05) is 0 Å². The lowest BCUT2D eigenvalue weighted by Gasteiger charge is -2.14. The molecule has 20 heavy (non-hydrogen) atoms. The number of nitrogens with two attached hydrogens (primary N) is 1. The van der Waals surface area contributed by atoms with Crippen LogP contribution in [-0.4, -0.2) is 10.1 Å². The van der Waals surface area contributed by atoms with Gasteiger partial charge in [0.15, 0.2) is 0 Å². The summed E-state index contributed by atoms with van der Waals surface area (Å²) in [6, 6.07) is 5.38. The zero-order valence-electron chi connectivity index (χ0n) is 10.4. The second kappa shape index (κ2) is 5.22. The molecule has 0 saturated heterocycles. The zero-order chi connectivity index (χ0) is 14.3. The Kier molecular flexibility index (Phi) is 3.56. The van der Waals surface area contributed by atoms with Crippen LogP contribution in [0.5, 0.6) is 5.75 Å². The molecule has 1 aromatic heterocycles. The molecular weight excluding hydrogens is 299 g/mol. The van der Waals surface area contributed by atoms with Crippen LogP contribution in [0.2, 0.25) is 10.0 Å². The standard InChI is InChI=1S/C14H12Cl2N2O2/c15-10-3-1-2-7(12(10)16)14-8-5-18-11(4-17)13(19)9(8)6-20-14/h1-3,5,14,19H,4,6,17H2. The molecule has 1 aliphatic rings. The Balaban J connectivity index is 2.10. The SMILES string of the molecule is NCc1ncc2c(c1O)COC2c1cccc(Cl)c1Cl. The van der Waals surface area contributed by atoms with E-state index in [9.17, 15) is 5.11 Å². The van der Waals surface area contributed by atoms with Crippen molar-refractivity contribution >= 4 is 23.2 Å². The Morgan fingerprint density at radius 1 is 1.35 bits per heavy atom. The van der Waals surface area contributed by atoms with Crippen molar-refractivity contribution in [2.24, 2.45) is 5.73 Å². The minimum absolute atomic E-state index is 0.102. The second-order valence-electron chi connectivity index (χ2n) is 4.53. The highest BCUT2D eigenvalue weighted by molar-refractivity contribution is 6.42. The first kappa shape index (κ1) is 13.6. The van der Waals surface area contributed by atoms with Crippen LogP contribution < -0.4 is 5.73 Å². The monoisotopic (exact) mass is 310 g/mol. The molecule has 0 amide bonds. The van der Waals surface area contributed by atoms with Crippen molar-refractivity contribution in [1.82, 2.24) is 4.98 Å². The summed E-state index contributed by atoms with van der Waals surface area (Å²) in [6.07, 6.45) is 1.30. The molecule has 3 rings (SSSR count). The molecule has 2 aromatic rings. The van der Waals surface area contributed by atoms with Crippen LogP contribution in [0, 0.1) is 0 Å². The van der Waals surface area contributed by atoms with E-state index < -0.39 is 0 Å². The Hall–Kier alpha value is -1.33. The molecule has 104 valence electrons. The van der Waals surface area contributed by atoms with Crippen LogP contribution in [0.25, 0.3) is 0 Å². The summed E-state index contributed by atoms with van der Waals surface area (Å²) < 4.78 is 5.74. The fourth-order valence-electron chi connectivity index (χ4n) is 2.36. The fraction of sp³-hybridized carbons (Fsp3) is 0.214. The number of fused-ring (bicyclic) bond motifs is 1. The molecule has 0 radical (unpaired) electrons. The summed E-state index contributed by atoms with van der Waals surface area (Å²) in [5, 5.41) is 11.0. The quantitative estimate of drug-likeness (QED) is 0.894. The van der Waals surface area contributed by atoms with Crippen molar-refractivity contribution in [3.05, 3.63) is 56.8 Å². The minimum Gasteiger partial charge on any atom is -0.506 e. The predicted octanol–water partition coefficient (Wildman–Crippen LogP) is 3.17. The van der Waals surface area contributed by atoms with Gasteiger partial charge in [0.1, 0.15) is 11.9 Å². The van der Waals surface area contributed by atoms with Crippen LogP contribution in [0.3, 0.4) is 0 Å². The summed E-state index contributed by atoms with van der Waals surface area (Å²) in [6.45, 7) is 0.478. The van der Waals surface area contributed by atoms with Crippen LogP contribution >= 0.6 is 23.2 Å². The topological polar surface area (TPSA) is 68.4 Å². The van der Waals surface area contributed by atoms with Gasteiger partial charge in [0.05, 0.1) is 22.3 Å². The molecular formula is C14H12Cl2N2O2. The van der Waals surface area contributed by atoms with E-state index >= 15 is 0 Å². The first-order valence-electron chi connectivity index (χ1n) is 6.08. The highest BCUT2D eigenvalue weighted by atomic mass is 35.5. The Bertz CT molecular complexity index is 676. The van der Waals surface area contributed by atoms with Crippen molar-refractivity contribution in [3.8, 4) is 5.75 Å². The number of hydrogen-bond acceptors (Lipinski definition) is 4. The molecule has 1 aliphatic heterocycles. The van der Waals surface area contributed by atoms with E-state index in [1.807, 2.05) is 12.1 Å². The van der Waals surface area contributed by atoms with Gasteiger partial charge in [-0.05, 0) is 6.07 Å². The van der Waals surface area contributed by atoms with Crippen molar-refractivity contribution in [2.45, 2.75) is 19.3 Å². The number of ether oxygens (including phenoxy) is 1. The van der Waals surface area contributed by atoms with Crippen molar-refractivity contribution < 1.29 is 9.84 Å². The van der Waals surface area contributed by atoms with E-state index in [1.54, 1.807) is 12.3 Å². The largest absolute Gasteiger partial charge is 0.506 e. The minimum atomic E-state index is -0.374. The predicted molar refractivity (Wildman–Crippen MR) is 76.9 cm³/mol. The van der Waals surface area contributed by atoms with E-state index in [0.717, 1.165) is 11.1 Å². The van der Waals surface area contributed by atoms with Gasteiger partial charge >= 0.3 is 0 Å². The molecule has 1 unspecified atom stereocenters. The molecule has 0 spiro atoms. The average Bonchev–Trinajstić information content (AvgIpc) is 2.87. The lowest BCUT2D eigenvalue weighted by molar-refractivity contribution is 0.0933. The van der Waals surface area contributed by atoms with E-state index in [1.165, 1.54) is 0 Å². The van der Waals surface area contributed by atoms with Gasteiger partial charge in [-0.2, -0.15) is 0 Å². The number of pyridine rings is 1. The maximum atomic E-state index is 10.1. The summed E-state index contributed by atoms with van der Waals surface area (Å²) >= 11 is 12.3. The number of rotatable bonds is 2. The molecule has 3 N–H and O–H groups in total. The van der Waals surface area contributed by atoms with E-state index in [2.05, 4.69) is 4.98 Å². The van der Waals surface area contributed by atoms with Gasteiger partial charge in [-0.25, -0.2) is 0 Å². The van der Waals surface area contributed by atoms with E-state index in [0.29, 0.717) is 27.9 Å². The molecule has 2 heterocycles. The molecule has 6 heteroatoms. The van der Waals surface area contributed by atoms with Gasteiger partial charge in [-0.3, -0.25) is 4.98 Å². The van der Waals surface area contributed by atoms with Gasteiger partial charge in [0.2, 0.25) is 0 Å².